The molecule has 2 N–H and O–H groups in total. The number of hydrogen-bond acceptors (Lipinski definition) is 3. The summed E-state index contributed by atoms with van der Waals surface area (Å²) in [4.78, 5) is 10.2. The lowest BCUT2D eigenvalue weighted by Gasteiger charge is -2.01. The molecule has 3 rings (SSSR count). The van der Waals surface area contributed by atoms with Gasteiger partial charge in [-0.15, -0.1) is 11.3 Å². The van der Waals surface area contributed by atoms with Gasteiger partial charge >= 0.3 is 0 Å². The number of nitrogens with zero attached hydrogens (tertiary/aromatic N) is 1. The molecule has 0 aliphatic carbocycles. The van der Waals surface area contributed by atoms with Gasteiger partial charge in [0.15, 0.2) is 0 Å². The maximum absolute atomic E-state index is 4.29. The van der Waals surface area contributed by atoms with Crippen molar-refractivity contribution in [2.24, 2.45) is 0 Å². The van der Waals surface area contributed by atoms with E-state index < -0.39 is 0 Å². The Balaban J connectivity index is 1.66. The largest absolute Gasteiger partial charge is 0.346 e. The molecule has 0 aliphatic rings. The molecule has 0 saturated carbocycles. The molecule has 0 amide bonds. The molecule has 3 aromatic rings. The third-order valence-electron chi connectivity index (χ3n) is 2.95. The molecule has 0 saturated heterocycles. The second-order valence-electron chi connectivity index (χ2n) is 4.33. The van der Waals surface area contributed by atoms with Crippen LogP contribution >= 0.6 is 11.3 Å². The Labute approximate surface area is 110 Å². The topological polar surface area (TPSA) is 40.7 Å². The average Bonchev–Trinajstić information content (AvgIpc) is 2.97. The third-order valence-corrected chi connectivity index (χ3v) is 3.95. The van der Waals surface area contributed by atoms with Crippen molar-refractivity contribution in [3.63, 3.8) is 0 Å². The number of rotatable bonds is 4. The van der Waals surface area contributed by atoms with Crippen LogP contribution in [0.4, 0.5) is 0 Å². The van der Waals surface area contributed by atoms with Crippen LogP contribution in [0.2, 0.25) is 0 Å². The first-order valence-electron chi connectivity index (χ1n) is 6.00. The smallest absolute Gasteiger partial charge is 0.137 e. The van der Waals surface area contributed by atoms with Crippen molar-refractivity contribution in [1.82, 2.24) is 15.3 Å². The van der Waals surface area contributed by atoms with Gasteiger partial charge in [0, 0.05) is 40.6 Å². The molecule has 3 nitrogen and oxygen atoms in total. The highest BCUT2D eigenvalue weighted by atomic mass is 32.1. The fourth-order valence-corrected chi connectivity index (χ4v) is 2.92. The van der Waals surface area contributed by atoms with Crippen LogP contribution in [0.15, 0.2) is 36.7 Å². The Kier molecular flexibility index (Phi) is 3.13. The standard InChI is InChI=1S/C14H15N3S/c1-10-4-5-12(18-10)9-15-7-11-8-17-14-13(11)3-2-6-16-14/h2-6,8,15H,7,9H2,1H3,(H,16,17). The number of fused-ring (bicyclic) bond motifs is 1. The first kappa shape index (κ1) is 11.4. The number of aryl methyl sites for hydroxylation is 1. The Morgan fingerprint density at radius 2 is 2.22 bits per heavy atom. The van der Waals surface area contributed by atoms with Gasteiger partial charge in [-0.05, 0) is 36.8 Å². The quantitative estimate of drug-likeness (QED) is 0.753. The van der Waals surface area contributed by atoms with Gasteiger partial charge in [0.1, 0.15) is 5.65 Å². The van der Waals surface area contributed by atoms with Crippen molar-refractivity contribution < 1.29 is 0 Å². The predicted molar refractivity (Wildman–Crippen MR) is 75.7 cm³/mol. The number of H-pyrrole nitrogens is 1. The van der Waals surface area contributed by atoms with Gasteiger partial charge in [-0.1, -0.05) is 0 Å². The van der Waals surface area contributed by atoms with Crippen LogP contribution in [0.5, 0.6) is 0 Å². The van der Waals surface area contributed by atoms with E-state index in [0.29, 0.717) is 0 Å². The summed E-state index contributed by atoms with van der Waals surface area (Å²) in [7, 11) is 0. The van der Waals surface area contributed by atoms with Gasteiger partial charge in [-0.3, -0.25) is 0 Å². The lowest BCUT2D eigenvalue weighted by molar-refractivity contribution is 0.704. The number of aromatic nitrogens is 2. The van der Waals surface area contributed by atoms with E-state index in [1.165, 1.54) is 20.7 Å². The molecule has 0 atom stereocenters. The van der Waals surface area contributed by atoms with Gasteiger partial charge in [-0.2, -0.15) is 0 Å². The van der Waals surface area contributed by atoms with Crippen LogP contribution in [0.3, 0.4) is 0 Å². The Bertz CT molecular complexity index is 654. The van der Waals surface area contributed by atoms with Crippen molar-refractivity contribution >= 4 is 22.4 Å². The Hall–Kier alpha value is -1.65. The highest BCUT2D eigenvalue weighted by molar-refractivity contribution is 7.11. The highest BCUT2D eigenvalue weighted by Crippen LogP contribution is 2.17. The second kappa shape index (κ2) is 4.92. The Morgan fingerprint density at radius 3 is 3.06 bits per heavy atom. The van der Waals surface area contributed by atoms with Crippen LogP contribution in [-0.2, 0) is 13.1 Å². The number of nitrogens with one attached hydrogen (secondary N) is 2. The molecule has 0 spiro atoms. The lowest BCUT2D eigenvalue weighted by atomic mass is 10.2. The fourth-order valence-electron chi connectivity index (χ4n) is 2.06. The predicted octanol–water partition coefficient (Wildman–Crippen LogP) is 3.22. The molecule has 0 aliphatic heterocycles. The summed E-state index contributed by atoms with van der Waals surface area (Å²) in [6.45, 7) is 3.92. The zero-order valence-corrected chi connectivity index (χ0v) is 11.1. The number of hydrogen-bond donors (Lipinski definition) is 2. The molecule has 0 fully saturated rings. The molecule has 92 valence electrons. The maximum Gasteiger partial charge on any atom is 0.137 e. The second-order valence-corrected chi connectivity index (χ2v) is 5.70. The lowest BCUT2D eigenvalue weighted by Crippen LogP contribution is -2.11. The van der Waals surface area contributed by atoms with Crippen molar-refractivity contribution in [2.75, 3.05) is 0 Å². The summed E-state index contributed by atoms with van der Waals surface area (Å²) >= 11 is 1.85. The third kappa shape index (κ3) is 2.30. The average molecular weight is 257 g/mol. The van der Waals surface area contributed by atoms with Crippen molar-refractivity contribution in [3.8, 4) is 0 Å². The molecule has 3 aromatic heterocycles. The van der Waals surface area contributed by atoms with Crippen LogP contribution in [0.1, 0.15) is 15.3 Å². The minimum atomic E-state index is 0.864. The molecule has 0 aromatic carbocycles. The summed E-state index contributed by atoms with van der Waals surface area (Å²) in [5.74, 6) is 0. The minimum absolute atomic E-state index is 0.864. The van der Waals surface area contributed by atoms with Crippen molar-refractivity contribution in [2.45, 2.75) is 20.0 Å². The molecule has 3 heterocycles. The van der Waals surface area contributed by atoms with Crippen LogP contribution in [-0.4, -0.2) is 9.97 Å². The number of thiophene rings is 1. The van der Waals surface area contributed by atoms with Gasteiger partial charge in [0.25, 0.3) is 0 Å². The highest BCUT2D eigenvalue weighted by Gasteiger charge is 2.03. The summed E-state index contributed by atoms with van der Waals surface area (Å²) < 4.78 is 0. The first-order valence-corrected chi connectivity index (χ1v) is 6.81. The van der Waals surface area contributed by atoms with Gasteiger partial charge in [0.2, 0.25) is 0 Å². The zero-order valence-electron chi connectivity index (χ0n) is 10.2. The monoisotopic (exact) mass is 257 g/mol. The van der Waals surface area contributed by atoms with E-state index in [1.54, 1.807) is 0 Å². The van der Waals surface area contributed by atoms with Crippen LogP contribution in [0, 0.1) is 6.92 Å². The zero-order chi connectivity index (χ0) is 12.4. The van der Waals surface area contributed by atoms with Gasteiger partial charge in [-0.25, -0.2) is 4.98 Å². The van der Waals surface area contributed by atoms with E-state index in [-0.39, 0.29) is 0 Å². The molecular weight excluding hydrogens is 242 g/mol. The minimum Gasteiger partial charge on any atom is -0.346 e. The number of aromatic amines is 1. The molecule has 4 heteroatoms. The fraction of sp³-hybridized carbons (Fsp3) is 0.214. The van der Waals surface area contributed by atoms with Crippen molar-refractivity contribution in [1.29, 1.82) is 0 Å². The molecule has 18 heavy (non-hydrogen) atoms. The maximum atomic E-state index is 4.29. The van der Waals surface area contributed by atoms with Gasteiger partial charge < -0.3 is 10.3 Å². The van der Waals surface area contributed by atoms with E-state index >= 15 is 0 Å². The molecular formula is C14H15N3S. The Morgan fingerprint density at radius 1 is 1.28 bits per heavy atom. The van der Waals surface area contributed by atoms with Crippen molar-refractivity contribution in [3.05, 3.63) is 52.0 Å². The number of pyridine rings is 1. The van der Waals surface area contributed by atoms with E-state index in [1.807, 2.05) is 29.8 Å². The summed E-state index contributed by atoms with van der Waals surface area (Å²) in [6.07, 6.45) is 3.84. The summed E-state index contributed by atoms with van der Waals surface area (Å²) in [5, 5.41) is 4.67. The first-order chi connectivity index (χ1) is 8.83. The van der Waals surface area contributed by atoms with Crippen LogP contribution in [0.25, 0.3) is 11.0 Å². The van der Waals surface area contributed by atoms with E-state index in [9.17, 15) is 0 Å². The van der Waals surface area contributed by atoms with E-state index in [2.05, 4.69) is 40.4 Å². The van der Waals surface area contributed by atoms with E-state index in [0.717, 1.165) is 18.7 Å². The van der Waals surface area contributed by atoms with Crippen LogP contribution < -0.4 is 5.32 Å². The summed E-state index contributed by atoms with van der Waals surface area (Å²) in [6, 6.07) is 8.43. The van der Waals surface area contributed by atoms with Gasteiger partial charge in [0.05, 0.1) is 0 Å². The molecule has 0 bridgehead atoms. The molecule has 0 radical (unpaired) electrons. The molecule has 0 unspecified atom stereocenters. The normalized spacial score (nSPS) is 11.2. The summed E-state index contributed by atoms with van der Waals surface area (Å²) in [5.41, 5.74) is 2.23. The SMILES string of the molecule is Cc1ccc(CNCc2c[nH]c3ncccc23)s1. The van der Waals surface area contributed by atoms with E-state index in [4.69, 9.17) is 0 Å².